The third kappa shape index (κ3) is 2.71. The van der Waals surface area contributed by atoms with Gasteiger partial charge < -0.3 is 0 Å². The molecule has 0 amide bonds. The van der Waals surface area contributed by atoms with Crippen molar-refractivity contribution in [2.45, 2.75) is 23.2 Å². The number of nitrogens with zero attached hydrogens (tertiary/aromatic N) is 2. The van der Waals surface area contributed by atoms with E-state index in [1.54, 1.807) is 24.5 Å². The van der Waals surface area contributed by atoms with Crippen molar-refractivity contribution >= 4 is 21.1 Å². The fourth-order valence-electron chi connectivity index (χ4n) is 3.05. The summed E-state index contributed by atoms with van der Waals surface area (Å²) in [7, 11) is -3.63. The number of benzene rings is 2. The maximum atomic E-state index is 11.3. The van der Waals surface area contributed by atoms with E-state index in [-0.39, 0.29) is 4.90 Å². The van der Waals surface area contributed by atoms with Crippen LogP contribution in [0, 0.1) is 0 Å². The quantitative estimate of drug-likeness (QED) is 0.802. The van der Waals surface area contributed by atoms with Gasteiger partial charge in [-0.15, -0.1) is 0 Å². The Kier molecular flexibility index (Phi) is 3.18. The zero-order valence-corrected chi connectivity index (χ0v) is 13.1. The van der Waals surface area contributed by atoms with E-state index in [2.05, 4.69) is 22.1 Å². The van der Waals surface area contributed by atoms with E-state index in [0.717, 1.165) is 23.0 Å². The van der Waals surface area contributed by atoms with E-state index in [0.29, 0.717) is 11.8 Å². The average Bonchev–Trinajstić information content (AvgIpc) is 3.34. The second-order valence-corrected chi connectivity index (χ2v) is 7.43. The third-order valence-corrected chi connectivity index (χ3v) is 5.28. The molecule has 2 atom stereocenters. The van der Waals surface area contributed by atoms with Crippen LogP contribution in [0.4, 0.5) is 0 Å². The maximum absolute atomic E-state index is 11.3. The summed E-state index contributed by atoms with van der Waals surface area (Å²) < 4.78 is 22.6. The van der Waals surface area contributed by atoms with Gasteiger partial charge in [-0.05, 0) is 53.6 Å². The van der Waals surface area contributed by atoms with Crippen LogP contribution in [0.25, 0.3) is 11.0 Å². The van der Waals surface area contributed by atoms with Crippen LogP contribution in [-0.2, 0) is 10.0 Å². The lowest BCUT2D eigenvalue weighted by molar-refractivity contribution is 0.598. The molecule has 0 radical (unpaired) electrons. The highest BCUT2D eigenvalue weighted by Crippen LogP contribution is 2.54. The van der Waals surface area contributed by atoms with Gasteiger partial charge in [0.05, 0.1) is 15.9 Å². The van der Waals surface area contributed by atoms with Crippen LogP contribution >= 0.6 is 0 Å². The molecule has 3 aromatic rings. The Morgan fingerprint density at radius 2 is 1.48 bits per heavy atom. The van der Waals surface area contributed by atoms with Crippen molar-refractivity contribution in [3.05, 3.63) is 66.0 Å². The normalized spacial score (nSPS) is 20.6. The number of hydrogen-bond donors (Lipinski definition) is 1. The SMILES string of the molecule is NS(=O)(=O)c1ccc(C2CC2c2ccc3nccnc3c2)cc1. The molecular weight excluding hydrogens is 310 g/mol. The van der Waals surface area contributed by atoms with Crippen LogP contribution < -0.4 is 5.14 Å². The summed E-state index contributed by atoms with van der Waals surface area (Å²) in [6.07, 6.45) is 4.44. The molecule has 116 valence electrons. The molecule has 23 heavy (non-hydrogen) atoms. The molecule has 0 spiro atoms. The van der Waals surface area contributed by atoms with Gasteiger partial charge in [0.2, 0.25) is 10.0 Å². The number of hydrogen-bond acceptors (Lipinski definition) is 4. The fraction of sp³-hybridized carbons (Fsp3) is 0.176. The number of aromatic nitrogens is 2. The lowest BCUT2D eigenvalue weighted by atomic mass is 10.0. The standard InChI is InChI=1S/C17H15N3O2S/c18-23(21,22)13-4-1-11(2-5-13)14-10-15(14)12-3-6-16-17(9-12)20-8-7-19-16/h1-9,14-15H,10H2,(H2,18,21,22). The van der Waals surface area contributed by atoms with E-state index >= 15 is 0 Å². The maximum Gasteiger partial charge on any atom is 0.238 e. The van der Waals surface area contributed by atoms with Gasteiger partial charge in [-0.2, -0.15) is 0 Å². The molecule has 1 aliphatic carbocycles. The summed E-state index contributed by atoms with van der Waals surface area (Å²) in [6.45, 7) is 0. The first-order valence-corrected chi connectivity index (χ1v) is 8.90. The molecule has 6 heteroatoms. The van der Waals surface area contributed by atoms with Gasteiger partial charge in [0.25, 0.3) is 0 Å². The minimum absolute atomic E-state index is 0.152. The summed E-state index contributed by atoms with van der Waals surface area (Å²) in [5.41, 5.74) is 4.19. The molecule has 4 rings (SSSR count). The minimum Gasteiger partial charge on any atom is -0.253 e. The number of primary sulfonamides is 1. The van der Waals surface area contributed by atoms with Crippen molar-refractivity contribution in [2.75, 3.05) is 0 Å². The Morgan fingerprint density at radius 3 is 2.17 bits per heavy atom. The van der Waals surface area contributed by atoms with Crippen molar-refractivity contribution in [1.82, 2.24) is 9.97 Å². The van der Waals surface area contributed by atoms with E-state index in [4.69, 9.17) is 5.14 Å². The van der Waals surface area contributed by atoms with Gasteiger partial charge in [-0.1, -0.05) is 18.2 Å². The Labute approximate surface area is 134 Å². The molecular formula is C17H15N3O2S. The third-order valence-electron chi connectivity index (χ3n) is 4.35. The molecule has 5 nitrogen and oxygen atoms in total. The lowest BCUT2D eigenvalue weighted by Crippen LogP contribution is -2.11. The van der Waals surface area contributed by atoms with Crippen LogP contribution in [0.2, 0.25) is 0 Å². The Morgan fingerprint density at radius 1 is 0.870 bits per heavy atom. The number of nitrogens with two attached hydrogens (primary N) is 1. The Bertz CT molecular complexity index is 984. The molecule has 2 unspecified atom stereocenters. The van der Waals surface area contributed by atoms with Gasteiger partial charge in [-0.25, -0.2) is 13.6 Å². The first-order chi connectivity index (χ1) is 11.0. The number of sulfonamides is 1. The van der Waals surface area contributed by atoms with Crippen molar-refractivity contribution < 1.29 is 8.42 Å². The van der Waals surface area contributed by atoms with Gasteiger partial charge in [0.1, 0.15) is 0 Å². The van der Waals surface area contributed by atoms with Crippen LogP contribution in [0.1, 0.15) is 29.4 Å². The molecule has 1 aromatic heterocycles. The molecule has 1 heterocycles. The fourth-order valence-corrected chi connectivity index (χ4v) is 3.56. The van der Waals surface area contributed by atoms with E-state index < -0.39 is 10.0 Å². The highest BCUT2D eigenvalue weighted by Gasteiger charge is 2.39. The van der Waals surface area contributed by atoms with Gasteiger partial charge in [0, 0.05) is 12.4 Å². The predicted molar refractivity (Wildman–Crippen MR) is 87.5 cm³/mol. The van der Waals surface area contributed by atoms with E-state index in [9.17, 15) is 8.42 Å². The van der Waals surface area contributed by atoms with Gasteiger partial charge >= 0.3 is 0 Å². The van der Waals surface area contributed by atoms with E-state index in [1.165, 1.54) is 5.56 Å². The zero-order valence-electron chi connectivity index (χ0n) is 12.3. The predicted octanol–water partition coefficient (Wildman–Crippen LogP) is 2.55. The summed E-state index contributed by atoms with van der Waals surface area (Å²) in [5, 5.41) is 5.13. The number of fused-ring (bicyclic) bond motifs is 1. The highest BCUT2D eigenvalue weighted by molar-refractivity contribution is 7.89. The molecule has 0 saturated heterocycles. The molecule has 0 bridgehead atoms. The zero-order chi connectivity index (χ0) is 16.0. The molecule has 1 saturated carbocycles. The van der Waals surface area contributed by atoms with Crippen molar-refractivity contribution in [3.8, 4) is 0 Å². The van der Waals surface area contributed by atoms with Crippen LogP contribution in [0.15, 0.2) is 59.8 Å². The van der Waals surface area contributed by atoms with Crippen LogP contribution in [0.3, 0.4) is 0 Å². The summed E-state index contributed by atoms with van der Waals surface area (Å²) in [5.74, 6) is 0.861. The Hall–Kier alpha value is -2.31. The molecule has 1 fully saturated rings. The first-order valence-electron chi connectivity index (χ1n) is 7.36. The molecule has 1 aliphatic rings. The largest absolute Gasteiger partial charge is 0.253 e. The first kappa shape index (κ1) is 14.3. The van der Waals surface area contributed by atoms with Gasteiger partial charge in [0.15, 0.2) is 0 Å². The van der Waals surface area contributed by atoms with Gasteiger partial charge in [-0.3, -0.25) is 9.97 Å². The molecule has 2 N–H and O–H groups in total. The van der Waals surface area contributed by atoms with Crippen LogP contribution in [0.5, 0.6) is 0 Å². The summed E-state index contributed by atoms with van der Waals surface area (Å²) in [6, 6.07) is 13.0. The second kappa shape index (κ2) is 5.11. The summed E-state index contributed by atoms with van der Waals surface area (Å²) in [4.78, 5) is 8.78. The van der Waals surface area contributed by atoms with Crippen molar-refractivity contribution in [2.24, 2.45) is 5.14 Å². The monoisotopic (exact) mass is 325 g/mol. The highest BCUT2D eigenvalue weighted by atomic mass is 32.2. The van der Waals surface area contributed by atoms with Crippen molar-refractivity contribution in [3.63, 3.8) is 0 Å². The minimum atomic E-state index is -3.63. The number of rotatable bonds is 3. The topological polar surface area (TPSA) is 85.9 Å². The smallest absolute Gasteiger partial charge is 0.238 e. The Balaban J connectivity index is 1.59. The average molecular weight is 325 g/mol. The van der Waals surface area contributed by atoms with E-state index in [1.807, 2.05) is 18.2 Å². The molecule has 2 aromatic carbocycles. The van der Waals surface area contributed by atoms with Crippen LogP contribution in [-0.4, -0.2) is 18.4 Å². The van der Waals surface area contributed by atoms with Crippen molar-refractivity contribution in [1.29, 1.82) is 0 Å². The second-order valence-electron chi connectivity index (χ2n) is 5.87. The summed E-state index contributed by atoms with van der Waals surface area (Å²) >= 11 is 0. The lowest BCUT2D eigenvalue weighted by Gasteiger charge is -2.04. The molecule has 0 aliphatic heterocycles.